The molecule has 13 rings (SSSR count). The Morgan fingerprint density at radius 1 is 0.319 bits per heavy atom. The molecule has 0 amide bonds. The highest BCUT2D eigenvalue weighted by Crippen LogP contribution is 2.55. The first kappa shape index (κ1) is 40.5. The van der Waals surface area contributed by atoms with Crippen molar-refractivity contribution in [1.29, 1.82) is 0 Å². The van der Waals surface area contributed by atoms with E-state index in [1.165, 1.54) is 50.1 Å². The third-order valence-electron chi connectivity index (χ3n) is 14.5. The normalized spacial score (nSPS) is 12.6. The molecule has 11 aromatic carbocycles. The van der Waals surface area contributed by atoms with Gasteiger partial charge in [-0.1, -0.05) is 232 Å². The molecule has 0 radical (unpaired) electrons. The largest absolute Gasteiger partial charge is 0.455 e. The van der Waals surface area contributed by atoms with Crippen molar-refractivity contribution in [2.24, 2.45) is 0 Å². The predicted octanol–water partition coefficient (Wildman–Crippen LogP) is 18.9. The minimum absolute atomic E-state index is 0.146. The van der Waals surface area contributed by atoms with Gasteiger partial charge < -0.3 is 9.32 Å². The quantitative estimate of drug-likeness (QED) is 0.151. The highest BCUT2D eigenvalue weighted by atomic mass is 16.3. The summed E-state index contributed by atoms with van der Waals surface area (Å²) in [6.45, 7) is 4.73. The number of para-hydroxylation sites is 3. The molecule has 2 heteroatoms. The third-order valence-corrected chi connectivity index (χ3v) is 14.5. The molecule has 0 atom stereocenters. The van der Waals surface area contributed by atoms with Crippen LogP contribution in [-0.4, -0.2) is 0 Å². The van der Waals surface area contributed by atoms with Crippen molar-refractivity contribution in [3.63, 3.8) is 0 Å². The maximum atomic E-state index is 6.82. The van der Waals surface area contributed by atoms with Crippen LogP contribution in [0, 0.1) is 0 Å². The summed E-state index contributed by atoms with van der Waals surface area (Å²) in [6.07, 6.45) is 0. The van der Waals surface area contributed by atoms with Crippen molar-refractivity contribution >= 4 is 49.8 Å². The van der Waals surface area contributed by atoms with Crippen molar-refractivity contribution < 1.29 is 4.42 Å². The van der Waals surface area contributed by atoms with Crippen molar-refractivity contribution in [2.75, 3.05) is 4.90 Å². The SMILES string of the molecule is CC1(C)c2ccccc2-c2c(-c3ccccc3N(c3ccccc3-c3ccccc3-c3ccccc3-c3ccccc3)c3ccccc3-c3cccc4oc5c6ccccc6ccc5c34)cccc21. The minimum Gasteiger partial charge on any atom is -0.455 e. The molecular weight excluding hydrogens is 835 g/mol. The Morgan fingerprint density at radius 2 is 0.783 bits per heavy atom. The molecule has 0 N–H and O–H groups in total. The summed E-state index contributed by atoms with van der Waals surface area (Å²) >= 11 is 0. The fourth-order valence-electron chi connectivity index (χ4n) is 11.4. The van der Waals surface area contributed by atoms with Crippen LogP contribution in [0.25, 0.3) is 99.5 Å². The molecule has 1 heterocycles. The van der Waals surface area contributed by atoms with Crippen molar-refractivity contribution in [3.05, 3.63) is 260 Å². The zero-order valence-electron chi connectivity index (χ0n) is 38.5. The van der Waals surface area contributed by atoms with Crippen molar-refractivity contribution in [2.45, 2.75) is 19.3 Å². The van der Waals surface area contributed by atoms with Gasteiger partial charge in [0.25, 0.3) is 0 Å². The van der Waals surface area contributed by atoms with E-state index in [1.807, 2.05) is 0 Å². The van der Waals surface area contributed by atoms with Crippen LogP contribution < -0.4 is 4.90 Å². The summed E-state index contributed by atoms with van der Waals surface area (Å²) in [5.74, 6) is 0. The highest BCUT2D eigenvalue weighted by Gasteiger charge is 2.37. The van der Waals surface area contributed by atoms with Gasteiger partial charge in [0.2, 0.25) is 0 Å². The molecule has 0 bridgehead atoms. The van der Waals surface area contributed by atoms with Gasteiger partial charge in [-0.15, -0.1) is 0 Å². The topological polar surface area (TPSA) is 16.4 Å². The molecule has 0 fully saturated rings. The Morgan fingerprint density at radius 3 is 1.48 bits per heavy atom. The van der Waals surface area contributed by atoms with Crippen LogP contribution in [0.3, 0.4) is 0 Å². The molecule has 2 nitrogen and oxygen atoms in total. The lowest BCUT2D eigenvalue weighted by atomic mass is 9.82. The fraction of sp³-hybridized carbons (Fsp3) is 0.0448. The Kier molecular flexibility index (Phi) is 9.55. The summed E-state index contributed by atoms with van der Waals surface area (Å²) in [4.78, 5) is 2.53. The smallest absolute Gasteiger partial charge is 0.143 e. The molecule has 1 aliphatic rings. The van der Waals surface area contributed by atoms with Crippen LogP contribution in [0.4, 0.5) is 17.1 Å². The van der Waals surface area contributed by atoms with Crippen LogP contribution in [-0.2, 0) is 5.41 Å². The first-order valence-electron chi connectivity index (χ1n) is 23.9. The molecule has 69 heavy (non-hydrogen) atoms. The Bertz CT molecular complexity index is 3950. The van der Waals surface area contributed by atoms with E-state index in [0.717, 1.165) is 77.6 Å². The number of fused-ring (bicyclic) bond motifs is 8. The van der Waals surface area contributed by atoms with Crippen LogP contribution in [0.1, 0.15) is 25.0 Å². The summed E-state index contributed by atoms with van der Waals surface area (Å²) in [7, 11) is 0. The van der Waals surface area contributed by atoms with E-state index in [2.05, 4.69) is 267 Å². The van der Waals surface area contributed by atoms with Gasteiger partial charge in [-0.2, -0.15) is 0 Å². The van der Waals surface area contributed by atoms with Crippen LogP contribution >= 0.6 is 0 Å². The lowest BCUT2D eigenvalue weighted by molar-refractivity contribution is 0.660. The molecule has 0 saturated carbocycles. The summed E-state index contributed by atoms with van der Waals surface area (Å²) < 4.78 is 6.82. The van der Waals surface area contributed by atoms with Crippen molar-refractivity contribution in [1.82, 2.24) is 0 Å². The van der Waals surface area contributed by atoms with Gasteiger partial charge in [-0.3, -0.25) is 0 Å². The average molecular weight is 882 g/mol. The van der Waals surface area contributed by atoms with Gasteiger partial charge in [0.15, 0.2) is 0 Å². The fourth-order valence-corrected chi connectivity index (χ4v) is 11.4. The van der Waals surface area contributed by atoms with E-state index in [-0.39, 0.29) is 5.41 Å². The molecule has 0 unspecified atom stereocenters. The molecular formula is C67H47NO. The standard InChI is InChI=1S/C67H47NO/c1-67(2)58-36-16-12-33-56(58)64-54(34-20-37-59(64)67)52-31-14-18-39-61(52)68(60-38-17-13-30-51(60)50-29-11-10-28-49(50)48-27-9-8-25-46(48)44-22-4-3-5-23-44)62-40-19-15-32-53(62)55-35-21-41-63-65(55)57-43-42-45-24-6-7-26-47(45)66(57)69-63/h3-43H,1-2H3. The number of furan rings is 1. The summed E-state index contributed by atoms with van der Waals surface area (Å²) in [6, 6.07) is 90.7. The van der Waals surface area contributed by atoms with E-state index < -0.39 is 0 Å². The second-order valence-corrected chi connectivity index (χ2v) is 18.7. The number of benzene rings is 11. The van der Waals surface area contributed by atoms with E-state index in [0.29, 0.717) is 0 Å². The lowest BCUT2D eigenvalue weighted by Gasteiger charge is -2.32. The highest BCUT2D eigenvalue weighted by molar-refractivity contribution is 6.20. The maximum Gasteiger partial charge on any atom is 0.143 e. The Hall–Kier alpha value is -8.72. The number of nitrogens with zero attached hydrogens (tertiary/aromatic N) is 1. The first-order chi connectivity index (χ1) is 34.0. The molecule has 1 aliphatic carbocycles. The monoisotopic (exact) mass is 881 g/mol. The van der Waals surface area contributed by atoms with E-state index in [1.54, 1.807) is 0 Å². The van der Waals surface area contributed by atoms with Gasteiger partial charge >= 0.3 is 0 Å². The average Bonchev–Trinajstić information content (AvgIpc) is 3.92. The summed E-state index contributed by atoms with van der Waals surface area (Å²) in [5, 5.41) is 4.49. The first-order valence-corrected chi connectivity index (χ1v) is 23.9. The molecule has 326 valence electrons. The molecule has 0 spiro atoms. The second-order valence-electron chi connectivity index (χ2n) is 18.7. The number of hydrogen-bond acceptors (Lipinski definition) is 2. The summed E-state index contributed by atoms with van der Waals surface area (Å²) in [5.41, 5.74) is 21.8. The third kappa shape index (κ3) is 6.48. The number of anilines is 3. The van der Waals surface area contributed by atoms with Gasteiger partial charge in [-0.25, -0.2) is 0 Å². The molecule has 0 saturated heterocycles. The van der Waals surface area contributed by atoms with Gasteiger partial charge in [0.1, 0.15) is 11.2 Å². The van der Waals surface area contributed by atoms with E-state index >= 15 is 0 Å². The number of rotatable bonds is 8. The molecule has 0 aliphatic heterocycles. The zero-order chi connectivity index (χ0) is 46.1. The Labute approximate surface area is 403 Å². The van der Waals surface area contributed by atoms with Gasteiger partial charge in [0.05, 0.1) is 17.1 Å². The zero-order valence-corrected chi connectivity index (χ0v) is 38.5. The van der Waals surface area contributed by atoms with Crippen LogP contribution in [0.5, 0.6) is 0 Å². The van der Waals surface area contributed by atoms with Crippen LogP contribution in [0.2, 0.25) is 0 Å². The second kappa shape index (κ2) is 16.3. The predicted molar refractivity (Wildman–Crippen MR) is 291 cm³/mol. The Balaban J connectivity index is 1.10. The molecule has 1 aromatic heterocycles. The number of hydrogen-bond donors (Lipinski definition) is 0. The van der Waals surface area contributed by atoms with Gasteiger partial charge in [-0.05, 0) is 96.9 Å². The van der Waals surface area contributed by atoms with Crippen molar-refractivity contribution in [3.8, 4) is 66.8 Å². The van der Waals surface area contributed by atoms with E-state index in [9.17, 15) is 0 Å². The molecule has 12 aromatic rings. The minimum atomic E-state index is -0.146. The lowest BCUT2D eigenvalue weighted by Crippen LogP contribution is -2.15. The van der Waals surface area contributed by atoms with Crippen LogP contribution in [0.15, 0.2) is 253 Å². The van der Waals surface area contributed by atoms with E-state index in [4.69, 9.17) is 4.42 Å². The van der Waals surface area contributed by atoms with Gasteiger partial charge in [0, 0.05) is 38.3 Å². The maximum absolute atomic E-state index is 6.82.